The fourth-order valence-corrected chi connectivity index (χ4v) is 2.08. The Morgan fingerprint density at radius 3 is 2.73 bits per heavy atom. The van der Waals surface area contributed by atoms with Crippen LogP contribution in [0.3, 0.4) is 0 Å². The molecule has 0 radical (unpaired) electrons. The van der Waals surface area contributed by atoms with Crippen LogP contribution < -0.4 is 0 Å². The molecule has 1 aliphatic rings. The number of hydrogen-bond donors (Lipinski definition) is 1. The van der Waals surface area contributed by atoms with E-state index in [0.29, 0.717) is 26.1 Å². The van der Waals surface area contributed by atoms with Crippen LogP contribution in [0, 0.1) is 0 Å². The highest BCUT2D eigenvalue weighted by Crippen LogP contribution is 2.32. The summed E-state index contributed by atoms with van der Waals surface area (Å²) in [7, 11) is 0. The number of rotatable bonds is 2. The maximum Gasteiger partial charge on any atom is 0.0940 e. The van der Waals surface area contributed by atoms with Gasteiger partial charge in [-0.05, 0) is 17.5 Å². The van der Waals surface area contributed by atoms with Crippen molar-refractivity contribution in [1.82, 2.24) is 0 Å². The van der Waals surface area contributed by atoms with Crippen molar-refractivity contribution in [2.24, 2.45) is 0 Å². The van der Waals surface area contributed by atoms with Gasteiger partial charge in [0.25, 0.3) is 0 Å². The van der Waals surface area contributed by atoms with Gasteiger partial charge in [0.2, 0.25) is 0 Å². The monoisotopic (exact) mass is 206 g/mol. The maximum absolute atomic E-state index is 10.5. The lowest BCUT2D eigenvalue weighted by Crippen LogP contribution is -2.33. The molecule has 0 aliphatic carbocycles. The Kier molecular flexibility index (Phi) is 3.08. The van der Waals surface area contributed by atoms with Crippen LogP contribution >= 0.6 is 0 Å². The van der Waals surface area contributed by atoms with Crippen molar-refractivity contribution >= 4 is 0 Å². The molecule has 82 valence electrons. The highest BCUT2D eigenvalue weighted by molar-refractivity contribution is 5.28. The quantitative estimate of drug-likeness (QED) is 0.804. The van der Waals surface area contributed by atoms with Gasteiger partial charge in [-0.1, -0.05) is 31.2 Å². The lowest BCUT2D eigenvalue weighted by molar-refractivity contribution is -0.0679. The van der Waals surface area contributed by atoms with Crippen molar-refractivity contribution in [3.63, 3.8) is 0 Å². The zero-order chi connectivity index (χ0) is 10.7. The molecule has 2 heteroatoms. The fourth-order valence-electron chi connectivity index (χ4n) is 2.08. The molecule has 1 aromatic carbocycles. The molecule has 1 heterocycles. The third-order valence-electron chi connectivity index (χ3n) is 3.19. The van der Waals surface area contributed by atoms with E-state index in [4.69, 9.17) is 4.74 Å². The Labute approximate surface area is 90.9 Å². The first kappa shape index (κ1) is 10.7. The van der Waals surface area contributed by atoms with E-state index in [1.54, 1.807) is 0 Å². The van der Waals surface area contributed by atoms with Crippen LogP contribution in [0.1, 0.15) is 30.9 Å². The lowest BCUT2D eigenvalue weighted by Gasteiger charge is -2.32. The van der Waals surface area contributed by atoms with Crippen LogP contribution in [0.5, 0.6) is 0 Å². The molecular formula is C13H18O2. The van der Waals surface area contributed by atoms with Crippen molar-refractivity contribution in [3.8, 4) is 0 Å². The Morgan fingerprint density at radius 1 is 1.33 bits per heavy atom. The molecule has 0 amide bonds. The molecule has 1 aliphatic heterocycles. The first-order valence-corrected chi connectivity index (χ1v) is 5.64. The largest absolute Gasteiger partial charge is 0.385 e. The number of benzene rings is 1. The third kappa shape index (κ3) is 2.21. The molecule has 1 saturated heterocycles. The molecule has 2 rings (SSSR count). The summed E-state index contributed by atoms with van der Waals surface area (Å²) in [5, 5.41) is 10.5. The van der Waals surface area contributed by atoms with Crippen LogP contribution in [0.25, 0.3) is 0 Å². The summed E-state index contributed by atoms with van der Waals surface area (Å²) in [4.78, 5) is 0. The first-order valence-electron chi connectivity index (χ1n) is 5.64. The van der Waals surface area contributed by atoms with Crippen LogP contribution in [0.4, 0.5) is 0 Å². The summed E-state index contributed by atoms with van der Waals surface area (Å²) in [5.74, 6) is 0. The van der Waals surface area contributed by atoms with Gasteiger partial charge in [0.15, 0.2) is 0 Å². The van der Waals surface area contributed by atoms with Gasteiger partial charge in [-0.2, -0.15) is 0 Å². The molecule has 15 heavy (non-hydrogen) atoms. The minimum absolute atomic E-state index is 0.660. The van der Waals surface area contributed by atoms with Gasteiger partial charge in [-0.25, -0.2) is 0 Å². The SMILES string of the molecule is CCc1cccc(C2(O)CCOCC2)c1. The molecular weight excluding hydrogens is 188 g/mol. The molecule has 1 N–H and O–H groups in total. The van der Waals surface area contributed by atoms with Crippen molar-refractivity contribution in [1.29, 1.82) is 0 Å². The smallest absolute Gasteiger partial charge is 0.0940 e. The summed E-state index contributed by atoms with van der Waals surface area (Å²) in [6, 6.07) is 8.27. The van der Waals surface area contributed by atoms with E-state index in [2.05, 4.69) is 19.1 Å². The van der Waals surface area contributed by atoms with Gasteiger partial charge in [-0.15, -0.1) is 0 Å². The Hall–Kier alpha value is -0.860. The van der Waals surface area contributed by atoms with Crippen molar-refractivity contribution < 1.29 is 9.84 Å². The van der Waals surface area contributed by atoms with E-state index < -0.39 is 5.60 Å². The number of aryl methyl sites for hydroxylation is 1. The minimum atomic E-state index is -0.663. The summed E-state index contributed by atoms with van der Waals surface area (Å²) >= 11 is 0. The molecule has 0 unspecified atom stereocenters. The highest BCUT2D eigenvalue weighted by Gasteiger charge is 2.31. The van der Waals surface area contributed by atoms with Gasteiger partial charge in [0, 0.05) is 26.1 Å². The van der Waals surface area contributed by atoms with E-state index in [1.165, 1.54) is 5.56 Å². The second-order valence-electron chi connectivity index (χ2n) is 4.20. The number of hydrogen-bond acceptors (Lipinski definition) is 2. The molecule has 0 bridgehead atoms. The summed E-state index contributed by atoms with van der Waals surface area (Å²) in [5.41, 5.74) is 1.67. The average molecular weight is 206 g/mol. The molecule has 0 saturated carbocycles. The van der Waals surface area contributed by atoms with Crippen LogP contribution in [0.15, 0.2) is 24.3 Å². The average Bonchev–Trinajstić information content (AvgIpc) is 2.30. The van der Waals surface area contributed by atoms with Crippen LogP contribution in [0.2, 0.25) is 0 Å². The second kappa shape index (κ2) is 4.33. The topological polar surface area (TPSA) is 29.5 Å². The van der Waals surface area contributed by atoms with E-state index >= 15 is 0 Å². The summed E-state index contributed by atoms with van der Waals surface area (Å²) in [6.07, 6.45) is 2.43. The predicted octanol–water partition coefficient (Wildman–Crippen LogP) is 2.25. The van der Waals surface area contributed by atoms with Crippen molar-refractivity contribution in [2.75, 3.05) is 13.2 Å². The van der Waals surface area contributed by atoms with Gasteiger partial charge in [0.1, 0.15) is 0 Å². The molecule has 1 fully saturated rings. The molecule has 0 atom stereocenters. The van der Waals surface area contributed by atoms with Crippen LogP contribution in [-0.4, -0.2) is 18.3 Å². The van der Waals surface area contributed by atoms with Gasteiger partial charge in [-0.3, -0.25) is 0 Å². The zero-order valence-corrected chi connectivity index (χ0v) is 9.20. The Balaban J connectivity index is 2.26. The summed E-state index contributed by atoms with van der Waals surface area (Å²) in [6.45, 7) is 3.45. The standard InChI is InChI=1S/C13H18O2/c1-2-11-4-3-5-12(10-11)13(14)6-8-15-9-7-13/h3-5,10,14H,2,6-9H2,1H3. The van der Waals surface area contributed by atoms with E-state index in [1.807, 2.05) is 12.1 Å². The van der Waals surface area contributed by atoms with Gasteiger partial charge in [0.05, 0.1) is 5.60 Å². The number of aliphatic hydroxyl groups is 1. The maximum atomic E-state index is 10.5. The fraction of sp³-hybridized carbons (Fsp3) is 0.538. The normalized spacial score (nSPS) is 20.1. The lowest BCUT2D eigenvalue weighted by atomic mass is 9.85. The van der Waals surface area contributed by atoms with Gasteiger partial charge >= 0.3 is 0 Å². The van der Waals surface area contributed by atoms with Gasteiger partial charge < -0.3 is 9.84 Å². The highest BCUT2D eigenvalue weighted by atomic mass is 16.5. The first-order chi connectivity index (χ1) is 7.24. The number of ether oxygens (including phenoxy) is 1. The molecule has 2 nitrogen and oxygen atoms in total. The molecule has 0 aromatic heterocycles. The zero-order valence-electron chi connectivity index (χ0n) is 9.20. The second-order valence-corrected chi connectivity index (χ2v) is 4.20. The van der Waals surface area contributed by atoms with E-state index in [9.17, 15) is 5.11 Å². The van der Waals surface area contributed by atoms with Crippen LogP contribution in [-0.2, 0) is 16.8 Å². The molecule has 1 aromatic rings. The van der Waals surface area contributed by atoms with Crippen molar-refractivity contribution in [3.05, 3.63) is 35.4 Å². The molecule has 0 spiro atoms. The minimum Gasteiger partial charge on any atom is -0.385 e. The summed E-state index contributed by atoms with van der Waals surface area (Å²) < 4.78 is 5.28. The predicted molar refractivity (Wildman–Crippen MR) is 59.8 cm³/mol. The van der Waals surface area contributed by atoms with E-state index in [-0.39, 0.29) is 0 Å². The van der Waals surface area contributed by atoms with E-state index in [0.717, 1.165) is 12.0 Å². The Morgan fingerprint density at radius 2 is 2.07 bits per heavy atom. The third-order valence-corrected chi connectivity index (χ3v) is 3.19. The van der Waals surface area contributed by atoms with Crippen molar-refractivity contribution in [2.45, 2.75) is 31.8 Å². The Bertz CT molecular complexity index is 327.